The Morgan fingerprint density at radius 2 is 2.00 bits per heavy atom. The fraction of sp³-hybridized carbons (Fsp3) is 0.118. The van der Waals surface area contributed by atoms with Crippen LogP contribution in [-0.2, 0) is 0 Å². The van der Waals surface area contributed by atoms with Gasteiger partial charge < -0.3 is 9.84 Å². The van der Waals surface area contributed by atoms with Gasteiger partial charge in [-0.05, 0) is 18.2 Å². The van der Waals surface area contributed by atoms with Crippen LogP contribution in [0.1, 0.15) is 11.1 Å². The first kappa shape index (κ1) is 14.8. The minimum absolute atomic E-state index is 0.00275. The van der Waals surface area contributed by atoms with Crippen molar-refractivity contribution in [2.75, 3.05) is 7.11 Å². The van der Waals surface area contributed by atoms with Crippen molar-refractivity contribution < 1.29 is 9.84 Å². The molecular weight excluding hydrogens is 324 g/mol. The van der Waals surface area contributed by atoms with Gasteiger partial charge in [-0.25, -0.2) is 0 Å². The van der Waals surface area contributed by atoms with Crippen LogP contribution in [0.25, 0.3) is 5.70 Å². The van der Waals surface area contributed by atoms with Gasteiger partial charge in [-0.3, -0.25) is 15.9 Å². The molecule has 24 heavy (non-hydrogen) atoms. The molecule has 0 spiro atoms. The summed E-state index contributed by atoms with van der Waals surface area (Å²) in [6, 6.07) is 15.3. The number of amidine groups is 1. The van der Waals surface area contributed by atoms with Crippen LogP contribution >= 0.6 is 11.8 Å². The summed E-state index contributed by atoms with van der Waals surface area (Å²) < 4.78 is 5.17. The van der Waals surface area contributed by atoms with Crippen LogP contribution in [0.2, 0.25) is 0 Å². The van der Waals surface area contributed by atoms with Crippen molar-refractivity contribution >= 4 is 23.3 Å². The third kappa shape index (κ3) is 2.52. The zero-order valence-corrected chi connectivity index (χ0v) is 13.7. The van der Waals surface area contributed by atoms with E-state index in [4.69, 9.17) is 4.74 Å². The first-order valence-electron chi connectivity index (χ1n) is 7.44. The van der Waals surface area contributed by atoms with E-state index < -0.39 is 0 Å². The number of nitrogens with zero attached hydrogens (tertiary/aromatic N) is 2. The van der Waals surface area contributed by atoms with Crippen LogP contribution in [0.5, 0.6) is 11.5 Å². The summed E-state index contributed by atoms with van der Waals surface area (Å²) in [5.74, 6) is 1.17. The number of phenols is 1. The zero-order valence-electron chi connectivity index (χ0n) is 12.9. The number of fused-ring (bicyclic) bond motifs is 1. The molecule has 2 aliphatic heterocycles. The molecule has 6 nitrogen and oxygen atoms in total. The van der Waals surface area contributed by atoms with E-state index >= 15 is 0 Å². The van der Waals surface area contributed by atoms with E-state index in [9.17, 15) is 5.11 Å². The van der Waals surface area contributed by atoms with Crippen molar-refractivity contribution in [1.29, 1.82) is 0 Å². The number of phenolic OH excluding ortho intramolecular Hbond substituents is 1. The number of hydrogen-bond acceptors (Lipinski definition) is 7. The Balaban J connectivity index is 1.62. The molecule has 0 bridgehead atoms. The number of methoxy groups -OCH3 is 1. The van der Waals surface area contributed by atoms with Gasteiger partial charge in [0.25, 0.3) is 0 Å². The minimum atomic E-state index is 0.00275. The first-order chi connectivity index (χ1) is 11.8. The van der Waals surface area contributed by atoms with Gasteiger partial charge in [-0.2, -0.15) is 5.10 Å². The molecule has 3 N–H and O–H groups in total. The van der Waals surface area contributed by atoms with Gasteiger partial charge in [-0.15, -0.1) is 0 Å². The highest BCUT2D eigenvalue weighted by Crippen LogP contribution is 2.35. The molecule has 0 fully saturated rings. The molecule has 0 saturated carbocycles. The second kappa shape index (κ2) is 6.01. The monoisotopic (exact) mass is 340 g/mol. The number of nitrogens with one attached hydrogen (secondary N) is 2. The normalized spacial score (nSPS) is 18.9. The molecule has 1 atom stereocenters. The Kier molecular flexibility index (Phi) is 3.70. The van der Waals surface area contributed by atoms with E-state index in [0.717, 1.165) is 16.8 Å². The van der Waals surface area contributed by atoms with Crippen LogP contribution < -0.4 is 15.6 Å². The highest BCUT2D eigenvalue weighted by atomic mass is 32.2. The summed E-state index contributed by atoms with van der Waals surface area (Å²) >= 11 is 1.66. The lowest BCUT2D eigenvalue weighted by Crippen LogP contribution is -2.53. The summed E-state index contributed by atoms with van der Waals surface area (Å²) in [6.45, 7) is 0. The average Bonchev–Trinajstić information content (AvgIpc) is 3.06. The third-order valence-electron chi connectivity index (χ3n) is 3.84. The van der Waals surface area contributed by atoms with E-state index in [2.05, 4.69) is 33.5 Å². The summed E-state index contributed by atoms with van der Waals surface area (Å²) in [6.07, 6.45) is 0. The average molecular weight is 340 g/mol. The Labute approximate surface area is 143 Å². The van der Waals surface area contributed by atoms with Crippen LogP contribution in [0.4, 0.5) is 0 Å². The third-order valence-corrected chi connectivity index (χ3v) is 4.77. The van der Waals surface area contributed by atoms with Crippen molar-refractivity contribution in [1.82, 2.24) is 15.9 Å². The highest BCUT2D eigenvalue weighted by molar-refractivity contribution is 8.03. The molecule has 2 aromatic carbocycles. The highest BCUT2D eigenvalue weighted by Gasteiger charge is 2.31. The first-order valence-corrected chi connectivity index (χ1v) is 8.38. The number of thioether (sulfide) groups is 1. The Morgan fingerprint density at radius 1 is 1.17 bits per heavy atom. The van der Waals surface area contributed by atoms with Crippen molar-refractivity contribution in [3.8, 4) is 11.5 Å². The van der Waals surface area contributed by atoms with Gasteiger partial charge in [0.05, 0.1) is 12.8 Å². The molecule has 4 rings (SSSR count). The molecule has 7 heteroatoms. The smallest absolute Gasteiger partial charge is 0.185 e. The largest absolute Gasteiger partial charge is 0.504 e. The Morgan fingerprint density at radius 3 is 2.79 bits per heavy atom. The summed E-state index contributed by atoms with van der Waals surface area (Å²) in [5, 5.41) is 18.3. The predicted octanol–water partition coefficient (Wildman–Crippen LogP) is 2.50. The van der Waals surface area contributed by atoms with Crippen molar-refractivity contribution in [2.24, 2.45) is 5.10 Å². The Hall–Kier alpha value is -2.80. The lowest BCUT2D eigenvalue weighted by molar-refractivity contribution is 0.283. The second-order valence-corrected chi connectivity index (χ2v) is 6.27. The molecule has 0 aromatic heterocycles. The number of benzene rings is 2. The SMILES string of the molecule is COc1cc(C2=NNC3SC=C(c4ccccc4)N3N2)ccc1O. The summed E-state index contributed by atoms with van der Waals surface area (Å²) in [5.41, 5.74) is 9.52. The number of hydrogen-bond donors (Lipinski definition) is 3. The van der Waals surface area contributed by atoms with Gasteiger partial charge in [0.2, 0.25) is 0 Å². The number of rotatable bonds is 3. The summed E-state index contributed by atoms with van der Waals surface area (Å²) in [4.78, 5) is 0. The van der Waals surface area contributed by atoms with Gasteiger partial charge in [0.1, 0.15) is 0 Å². The van der Waals surface area contributed by atoms with Crippen LogP contribution in [0.3, 0.4) is 0 Å². The van der Waals surface area contributed by atoms with Crippen molar-refractivity contribution in [3.05, 3.63) is 65.1 Å². The molecule has 2 heterocycles. The van der Waals surface area contributed by atoms with E-state index in [1.165, 1.54) is 7.11 Å². The quantitative estimate of drug-likeness (QED) is 0.798. The molecule has 0 aliphatic carbocycles. The van der Waals surface area contributed by atoms with Gasteiger partial charge >= 0.3 is 0 Å². The van der Waals surface area contributed by atoms with Crippen LogP contribution in [-0.4, -0.2) is 28.6 Å². The number of hydrazone groups is 1. The topological polar surface area (TPSA) is 69.1 Å². The molecule has 2 aromatic rings. The zero-order chi connectivity index (χ0) is 16.5. The molecular formula is C17H16N4O2S. The van der Waals surface area contributed by atoms with Gasteiger partial charge in [0, 0.05) is 16.5 Å². The molecule has 0 amide bonds. The second-order valence-electron chi connectivity index (χ2n) is 5.32. The molecule has 0 saturated heterocycles. The number of hydrazine groups is 1. The molecule has 0 radical (unpaired) electrons. The fourth-order valence-electron chi connectivity index (χ4n) is 2.61. The van der Waals surface area contributed by atoms with Crippen molar-refractivity contribution in [2.45, 2.75) is 5.50 Å². The van der Waals surface area contributed by atoms with Gasteiger partial charge in [-0.1, -0.05) is 42.1 Å². The maximum atomic E-state index is 9.75. The predicted molar refractivity (Wildman–Crippen MR) is 95.1 cm³/mol. The summed E-state index contributed by atoms with van der Waals surface area (Å²) in [7, 11) is 1.52. The molecule has 2 aliphatic rings. The maximum Gasteiger partial charge on any atom is 0.185 e. The minimum Gasteiger partial charge on any atom is -0.504 e. The lowest BCUT2D eigenvalue weighted by Gasteiger charge is -2.34. The van der Waals surface area contributed by atoms with Gasteiger partial charge in [0.15, 0.2) is 22.8 Å². The molecule has 1 unspecified atom stereocenters. The van der Waals surface area contributed by atoms with Crippen LogP contribution in [0.15, 0.2) is 59.0 Å². The number of ether oxygens (including phenoxy) is 1. The standard InChI is InChI=1S/C17H16N4O2S/c1-23-15-9-12(7-8-14(15)22)16-18-19-17-21(20-16)13(10-24-17)11-5-3-2-4-6-11/h2-10,17,19,22H,1H3,(H,18,20). The Bertz CT molecular complexity index is 823. The molecule has 122 valence electrons. The maximum absolute atomic E-state index is 9.75. The van der Waals surface area contributed by atoms with E-state index in [0.29, 0.717) is 11.6 Å². The number of aromatic hydroxyl groups is 1. The van der Waals surface area contributed by atoms with E-state index in [1.54, 1.807) is 30.0 Å². The van der Waals surface area contributed by atoms with Crippen LogP contribution in [0, 0.1) is 0 Å². The lowest BCUT2D eigenvalue weighted by atomic mass is 10.1. The van der Waals surface area contributed by atoms with Crippen molar-refractivity contribution in [3.63, 3.8) is 0 Å². The fourth-order valence-corrected chi connectivity index (χ4v) is 3.52. The van der Waals surface area contributed by atoms with E-state index in [1.807, 2.05) is 23.2 Å². The van der Waals surface area contributed by atoms with E-state index in [-0.39, 0.29) is 11.2 Å².